The highest BCUT2D eigenvalue weighted by Crippen LogP contribution is 2.27. The molecule has 2 nitrogen and oxygen atoms in total. The van der Waals surface area contributed by atoms with Gasteiger partial charge in [-0.2, -0.15) is 0 Å². The molecule has 1 aliphatic rings. The van der Waals surface area contributed by atoms with Gasteiger partial charge in [-0.15, -0.1) is 0 Å². The van der Waals surface area contributed by atoms with Crippen molar-refractivity contribution in [3.05, 3.63) is 29.6 Å². The van der Waals surface area contributed by atoms with Crippen LogP contribution in [0.4, 0.5) is 10.1 Å². The van der Waals surface area contributed by atoms with Crippen LogP contribution in [0.1, 0.15) is 32.8 Å². The number of benzene rings is 1. The van der Waals surface area contributed by atoms with E-state index in [1.807, 2.05) is 19.1 Å². The maximum Gasteiger partial charge on any atom is 0.146 e. The molecule has 3 heteroatoms. The lowest BCUT2D eigenvalue weighted by atomic mass is 9.96. The van der Waals surface area contributed by atoms with Gasteiger partial charge in [0.05, 0.1) is 5.69 Å². The molecule has 1 aromatic carbocycles. The van der Waals surface area contributed by atoms with E-state index in [9.17, 15) is 4.39 Å². The number of hydrogen-bond acceptors (Lipinski definition) is 2. The minimum atomic E-state index is -0.104. The Labute approximate surface area is 116 Å². The van der Waals surface area contributed by atoms with E-state index < -0.39 is 0 Å². The third-order valence-corrected chi connectivity index (χ3v) is 4.11. The van der Waals surface area contributed by atoms with Crippen molar-refractivity contribution in [2.24, 2.45) is 5.92 Å². The van der Waals surface area contributed by atoms with Crippen LogP contribution in [0.5, 0.6) is 0 Å². The van der Waals surface area contributed by atoms with Gasteiger partial charge in [0.2, 0.25) is 0 Å². The summed E-state index contributed by atoms with van der Waals surface area (Å²) in [5, 5.41) is 3.57. The molecule has 0 bridgehead atoms. The molecule has 1 fully saturated rings. The first-order chi connectivity index (χ1) is 9.02. The van der Waals surface area contributed by atoms with Gasteiger partial charge in [0.1, 0.15) is 5.82 Å². The van der Waals surface area contributed by atoms with Crippen LogP contribution in [-0.4, -0.2) is 25.2 Å². The summed E-state index contributed by atoms with van der Waals surface area (Å²) in [5.74, 6) is 0.401. The Hall–Kier alpha value is -1.09. The van der Waals surface area contributed by atoms with Crippen molar-refractivity contribution < 1.29 is 4.39 Å². The maximum absolute atomic E-state index is 14.2. The summed E-state index contributed by atoms with van der Waals surface area (Å²) in [6.45, 7) is 10.4. The molecule has 2 unspecified atom stereocenters. The summed E-state index contributed by atoms with van der Waals surface area (Å²) in [6.07, 6.45) is 1.08. The Kier molecular flexibility index (Phi) is 4.46. The van der Waals surface area contributed by atoms with Crippen LogP contribution < -0.4 is 10.2 Å². The second-order valence-corrected chi connectivity index (χ2v) is 5.93. The highest BCUT2D eigenvalue weighted by molar-refractivity contribution is 5.51. The fraction of sp³-hybridized carbons (Fsp3) is 0.625. The highest BCUT2D eigenvalue weighted by Gasteiger charge is 2.30. The molecule has 19 heavy (non-hydrogen) atoms. The second-order valence-electron chi connectivity index (χ2n) is 5.93. The number of anilines is 1. The van der Waals surface area contributed by atoms with Gasteiger partial charge in [-0.25, -0.2) is 4.39 Å². The first kappa shape index (κ1) is 14.3. The Morgan fingerprint density at radius 2 is 2.16 bits per heavy atom. The molecule has 1 saturated heterocycles. The van der Waals surface area contributed by atoms with Crippen LogP contribution in [0, 0.1) is 18.7 Å². The molecule has 0 amide bonds. The van der Waals surface area contributed by atoms with E-state index in [1.54, 1.807) is 6.07 Å². The Bertz CT molecular complexity index is 431. The van der Waals surface area contributed by atoms with Crippen molar-refractivity contribution in [3.8, 4) is 0 Å². The average molecular weight is 264 g/mol. The predicted molar refractivity (Wildman–Crippen MR) is 79.2 cm³/mol. The zero-order valence-corrected chi connectivity index (χ0v) is 12.4. The van der Waals surface area contributed by atoms with E-state index >= 15 is 0 Å². The molecule has 106 valence electrons. The average Bonchev–Trinajstić information content (AvgIpc) is 2.40. The maximum atomic E-state index is 14.2. The van der Waals surface area contributed by atoms with Gasteiger partial charge < -0.3 is 10.2 Å². The van der Waals surface area contributed by atoms with Crippen molar-refractivity contribution >= 4 is 5.69 Å². The first-order valence-corrected chi connectivity index (χ1v) is 7.29. The third kappa shape index (κ3) is 3.08. The molecule has 0 saturated carbocycles. The number of halogens is 1. The molecule has 1 heterocycles. The normalized spacial score (nSPS) is 24.0. The van der Waals surface area contributed by atoms with Gasteiger partial charge in [0.15, 0.2) is 0 Å². The van der Waals surface area contributed by atoms with E-state index in [1.165, 1.54) is 0 Å². The van der Waals surface area contributed by atoms with Gasteiger partial charge in [0.25, 0.3) is 0 Å². The van der Waals surface area contributed by atoms with E-state index in [-0.39, 0.29) is 5.82 Å². The third-order valence-electron chi connectivity index (χ3n) is 4.11. The fourth-order valence-corrected chi connectivity index (χ4v) is 2.82. The summed E-state index contributed by atoms with van der Waals surface area (Å²) >= 11 is 0. The van der Waals surface area contributed by atoms with E-state index in [0.717, 1.165) is 30.8 Å². The van der Waals surface area contributed by atoms with Crippen LogP contribution in [0.3, 0.4) is 0 Å². The minimum Gasteiger partial charge on any atom is -0.363 e. The molecule has 0 aromatic heterocycles. The SMILES string of the molecule is CCC1CN(c2cc(C)ccc2F)C(C(C)C)CN1. The molecule has 0 aliphatic carbocycles. The number of nitrogens with zero attached hydrogens (tertiary/aromatic N) is 1. The van der Waals surface area contributed by atoms with E-state index in [0.29, 0.717) is 18.0 Å². The standard InChI is InChI=1S/C16H25FN2/c1-5-13-10-19(16(9-18-13)11(2)3)15-8-12(4)6-7-14(15)17/h6-8,11,13,16,18H,5,9-10H2,1-4H3. The molecule has 2 rings (SSSR count). The Balaban J connectivity index is 2.33. The van der Waals surface area contributed by atoms with Gasteiger partial charge in [-0.1, -0.05) is 26.8 Å². The van der Waals surface area contributed by atoms with Crippen molar-refractivity contribution in [1.82, 2.24) is 5.32 Å². The molecule has 0 spiro atoms. The lowest BCUT2D eigenvalue weighted by Gasteiger charge is -2.44. The van der Waals surface area contributed by atoms with Crippen LogP contribution in [0.2, 0.25) is 0 Å². The lowest BCUT2D eigenvalue weighted by molar-refractivity contribution is 0.331. The van der Waals surface area contributed by atoms with Crippen LogP contribution >= 0.6 is 0 Å². The van der Waals surface area contributed by atoms with Crippen LogP contribution in [0.15, 0.2) is 18.2 Å². The number of nitrogens with one attached hydrogen (secondary N) is 1. The van der Waals surface area contributed by atoms with E-state index in [4.69, 9.17) is 0 Å². The molecule has 1 N–H and O–H groups in total. The highest BCUT2D eigenvalue weighted by atomic mass is 19.1. The van der Waals surface area contributed by atoms with Crippen molar-refractivity contribution in [1.29, 1.82) is 0 Å². The summed E-state index contributed by atoms with van der Waals surface area (Å²) in [4.78, 5) is 2.26. The quantitative estimate of drug-likeness (QED) is 0.900. The zero-order valence-electron chi connectivity index (χ0n) is 12.4. The molecule has 2 atom stereocenters. The van der Waals surface area contributed by atoms with E-state index in [2.05, 4.69) is 31.0 Å². The molecule has 1 aromatic rings. The number of aryl methyl sites for hydroxylation is 1. The molecular formula is C16H25FN2. The smallest absolute Gasteiger partial charge is 0.146 e. The van der Waals surface area contributed by atoms with Crippen molar-refractivity contribution in [2.75, 3.05) is 18.0 Å². The molecule has 1 aliphatic heterocycles. The summed E-state index contributed by atoms with van der Waals surface area (Å²) in [7, 11) is 0. The van der Waals surface area contributed by atoms with Crippen molar-refractivity contribution in [2.45, 2.75) is 46.2 Å². The Morgan fingerprint density at radius 1 is 1.42 bits per heavy atom. The number of rotatable bonds is 3. The number of piperazine rings is 1. The van der Waals surface area contributed by atoms with Gasteiger partial charge in [0, 0.05) is 25.2 Å². The lowest BCUT2D eigenvalue weighted by Crippen LogP contribution is -2.58. The molecular weight excluding hydrogens is 239 g/mol. The summed E-state index contributed by atoms with van der Waals surface area (Å²) in [6, 6.07) is 6.21. The largest absolute Gasteiger partial charge is 0.363 e. The zero-order chi connectivity index (χ0) is 14.0. The topological polar surface area (TPSA) is 15.3 Å². The van der Waals surface area contributed by atoms with Crippen LogP contribution in [0.25, 0.3) is 0 Å². The van der Waals surface area contributed by atoms with Crippen LogP contribution in [-0.2, 0) is 0 Å². The van der Waals surface area contributed by atoms with Gasteiger partial charge in [-0.3, -0.25) is 0 Å². The second kappa shape index (κ2) is 5.91. The minimum absolute atomic E-state index is 0.104. The first-order valence-electron chi connectivity index (χ1n) is 7.29. The monoisotopic (exact) mass is 264 g/mol. The Morgan fingerprint density at radius 3 is 2.79 bits per heavy atom. The molecule has 0 radical (unpaired) electrons. The fourth-order valence-electron chi connectivity index (χ4n) is 2.82. The predicted octanol–water partition coefficient (Wildman–Crippen LogP) is 3.35. The van der Waals surface area contributed by atoms with Crippen molar-refractivity contribution in [3.63, 3.8) is 0 Å². The van der Waals surface area contributed by atoms with Gasteiger partial charge >= 0.3 is 0 Å². The summed E-state index contributed by atoms with van der Waals surface area (Å²) < 4.78 is 14.2. The van der Waals surface area contributed by atoms with Gasteiger partial charge in [-0.05, 0) is 37.0 Å². The number of hydrogen-bond donors (Lipinski definition) is 1. The summed E-state index contributed by atoms with van der Waals surface area (Å²) in [5.41, 5.74) is 1.88.